The second kappa shape index (κ2) is 6.91. The predicted octanol–water partition coefficient (Wildman–Crippen LogP) is 2.20. The maximum Gasteiger partial charge on any atom is 0.374 e. The molecule has 0 saturated heterocycles. The zero-order valence-corrected chi connectivity index (χ0v) is 14.5. The van der Waals surface area contributed by atoms with Crippen LogP contribution < -0.4 is 5.56 Å². The van der Waals surface area contributed by atoms with Crippen molar-refractivity contribution in [3.63, 3.8) is 0 Å². The average Bonchev–Trinajstić information content (AvgIpc) is 3.33. The van der Waals surface area contributed by atoms with Gasteiger partial charge in [0.15, 0.2) is 0 Å². The Morgan fingerprint density at radius 3 is 2.93 bits per heavy atom. The smallest absolute Gasteiger partial charge is 0.374 e. The number of pyridine rings is 1. The molecule has 0 bridgehead atoms. The number of nitrogens with zero attached hydrogens (tertiary/aromatic N) is 4. The minimum absolute atomic E-state index is 0.0887. The molecule has 27 heavy (non-hydrogen) atoms. The van der Waals surface area contributed by atoms with E-state index in [0.717, 1.165) is 5.56 Å². The minimum atomic E-state index is -0.617. The van der Waals surface area contributed by atoms with Crippen LogP contribution in [-0.4, -0.2) is 25.1 Å². The average molecular weight is 364 g/mol. The largest absolute Gasteiger partial charge is 0.453 e. The van der Waals surface area contributed by atoms with Crippen LogP contribution in [0.1, 0.15) is 27.6 Å². The molecule has 4 heterocycles. The van der Waals surface area contributed by atoms with Gasteiger partial charge in [0.05, 0.1) is 12.2 Å². The third-order valence-corrected chi connectivity index (χ3v) is 4.03. The topological polar surface area (TPSA) is 91.6 Å². The van der Waals surface area contributed by atoms with Crippen LogP contribution in [-0.2, 0) is 17.9 Å². The summed E-state index contributed by atoms with van der Waals surface area (Å²) in [5.74, 6) is 0.0581. The van der Waals surface area contributed by atoms with E-state index >= 15 is 0 Å². The van der Waals surface area contributed by atoms with E-state index < -0.39 is 5.97 Å². The molecule has 0 aliphatic heterocycles. The lowest BCUT2D eigenvalue weighted by Gasteiger charge is -2.06. The van der Waals surface area contributed by atoms with Crippen molar-refractivity contribution in [1.29, 1.82) is 0 Å². The Bertz CT molecular complexity index is 1160. The lowest BCUT2D eigenvalue weighted by atomic mass is 10.3. The number of aromatic nitrogens is 4. The van der Waals surface area contributed by atoms with Gasteiger partial charge in [0.2, 0.25) is 5.76 Å². The summed E-state index contributed by atoms with van der Waals surface area (Å²) in [5.41, 5.74) is 1.55. The molecule has 0 aliphatic rings. The van der Waals surface area contributed by atoms with Crippen molar-refractivity contribution >= 4 is 11.6 Å². The van der Waals surface area contributed by atoms with E-state index in [1.54, 1.807) is 47.5 Å². The van der Waals surface area contributed by atoms with Crippen molar-refractivity contribution < 1.29 is 13.9 Å². The van der Waals surface area contributed by atoms with Crippen molar-refractivity contribution in [2.24, 2.45) is 0 Å². The normalized spacial score (nSPS) is 11.0. The van der Waals surface area contributed by atoms with Crippen LogP contribution in [0.2, 0.25) is 0 Å². The van der Waals surface area contributed by atoms with Gasteiger partial charge in [-0.3, -0.25) is 13.9 Å². The number of carbonyl (C=O) groups excluding carboxylic acids is 1. The van der Waals surface area contributed by atoms with E-state index in [2.05, 4.69) is 10.1 Å². The maximum absolute atomic E-state index is 12.2. The molecule has 8 heteroatoms. The quantitative estimate of drug-likeness (QED) is 0.504. The first kappa shape index (κ1) is 16.8. The number of hydrogen-bond donors (Lipinski definition) is 0. The molecule has 0 radical (unpaired) electrons. The molecule has 0 aliphatic carbocycles. The molecule has 0 amide bonds. The number of furan rings is 1. The summed E-state index contributed by atoms with van der Waals surface area (Å²) < 4.78 is 13.9. The van der Waals surface area contributed by atoms with Gasteiger partial charge in [-0.25, -0.2) is 9.78 Å². The summed E-state index contributed by atoms with van der Waals surface area (Å²) in [5, 5.41) is 4.08. The molecule has 0 spiro atoms. The van der Waals surface area contributed by atoms with Gasteiger partial charge in [0, 0.05) is 24.7 Å². The molecule has 0 aromatic carbocycles. The predicted molar refractivity (Wildman–Crippen MR) is 95.4 cm³/mol. The Labute approximate surface area is 153 Å². The molecule has 136 valence electrons. The highest BCUT2D eigenvalue weighted by atomic mass is 16.5. The summed E-state index contributed by atoms with van der Waals surface area (Å²) in [6.07, 6.45) is 5.11. The van der Waals surface area contributed by atoms with Crippen LogP contribution in [0.15, 0.2) is 64.2 Å². The number of esters is 1. The summed E-state index contributed by atoms with van der Waals surface area (Å²) in [6, 6.07) is 10.0. The van der Waals surface area contributed by atoms with Crippen molar-refractivity contribution in [2.45, 2.75) is 20.1 Å². The van der Waals surface area contributed by atoms with E-state index in [1.165, 1.54) is 10.5 Å². The Morgan fingerprint density at radius 1 is 1.22 bits per heavy atom. The van der Waals surface area contributed by atoms with Crippen molar-refractivity contribution in [3.05, 3.63) is 88.1 Å². The molecule has 0 fully saturated rings. The van der Waals surface area contributed by atoms with Crippen molar-refractivity contribution in [2.75, 3.05) is 0 Å². The van der Waals surface area contributed by atoms with E-state index in [9.17, 15) is 9.59 Å². The molecule has 4 aromatic heterocycles. The summed E-state index contributed by atoms with van der Waals surface area (Å²) >= 11 is 0. The van der Waals surface area contributed by atoms with Gasteiger partial charge < -0.3 is 9.15 Å². The van der Waals surface area contributed by atoms with Crippen molar-refractivity contribution in [3.8, 4) is 0 Å². The molecular weight excluding hydrogens is 348 g/mol. The van der Waals surface area contributed by atoms with Gasteiger partial charge in [-0.2, -0.15) is 5.10 Å². The Kier molecular flexibility index (Phi) is 4.29. The van der Waals surface area contributed by atoms with Crippen LogP contribution in [0.4, 0.5) is 0 Å². The standard InChI is InChI=1S/C19H16N4O4/c1-13-4-2-9-23-17(24)10-14(21-18(13)23)12-26-19(25)16-6-5-15(27-16)11-22-8-3-7-20-22/h2-10H,11-12H2,1H3. The molecule has 8 nitrogen and oxygen atoms in total. The second-order valence-electron chi connectivity index (χ2n) is 6.02. The second-order valence-corrected chi connectivity index (χ2v) is 6.02. The maximum atomic E-state index is 12.2. The Morgan fingerprint density at radius 2 is 2.11 bits per heavy atom. The number of hydrogen-bond acceptors (Lipinski definition) is 6. The number of fused-ring (bicyclic) bond motifs is 1. The summed E-state index contributed by atoms with van der Waals surface area (Å²) in [6.45, 7) is 2.16. The van der Waals surface area contributed by atoms with Crippen LogP contribution in [0.25, 0.3) is 5.65 Å². The fourth-order valence-electron chi connectivity index (χ4n) is 2.72. The number of aryl methyl sites for hydroxylation is 1. The number of carbonyl (C=O) groups is 1. The van der Waals surface area contributed by atoms with Gasteiger partial charge in [0.25, 0.3) is 5.56 Å². The zero-order chi connectivity index (χ0) is 18.8. The lowest BCUT2D eigenvalue weighted by Crippen LogP contribution is -2.17. The fourth-order valence-corrected chi connectivity index (χ4v) is 2.72. The van der Waals surface area contributed by atoms with Gasteiger partial charge in [-0.15, -0.1) is 0 Å². The van der Waals surface area contributed by atoms with E-state index in [1.807, 2.05) is 13.0 Å². The third-order valence-electron chi connectivity index (χ3n) is 4.03. The first-order valence-corrected chi connectivity index (χ1v) is 8.31. The number of rotatable bonds is 5. The molecule has 4 aromatic rings. The summed E-state index contributed by atoms with van der Waals surface area (Å²) in [7, 11) is 0. The number of ether oxygens (including phenoxy) is 1. The van der Waals surface area contributed by atoms with E-state index in [4.69, 9.17) is 9.15 Å². The molecule has 0 atom stereocenters. The minimum Gasteiger partial charge on any atom is -0.453 e. The zero-order valence-electron chi connectivity index (χ0n) is 14.5. The van der Waals surface area contributed by atoms with Crippen LogP contribution in [0, 0.1) is 6.92 Å². The Balaban J connectivity index is 1.46. The first-order chi connectivity index (χ1) is 13.1. The van der Waals surface area contributed by atoms with Gasteiger partial charge in [0.1, 0.15) is 18.0 Å². The van der Waals surface area contributed by atoms with Crippen LogP contribution in [0.3, 0.4) is 0 Å². The molecular formula is C19H16N4O4. The molecule has 4 rings (SSSR count). The monoisotopic (exact) mass is 364 g/mol. The highest BCUT2D eigenvalue weighted by Crippen LogP contribution is 2.12. The van der Waals surface area contributed by atoms with E-state index in [-0.39, 0.29) is 17.9 Å². The fraction of sp³-hybridized carbons (Fsp3) is 0.158. The third kappa shape index (κ3) is 3.50. The molecule has 0 unspecified atom stereocenters. The van der Waals surface area contributed by atoms with Gasteiger partial charge in [-0.1, -0.05) is 6.07 Å². The first-order valence-electron chi connectivity index (χ1n) is 8.31. The van der Waals surface area contributed by atoms with Crippen LogP contribution in [0.5, 0.6) is 0 Å². The molecule has 0 saturated carbocycles. The van der Waals surface area contributed by atoms with Gasteiger partial charge >= 0.3 is 5.97 Å². The van der Waals surface area contributed by atoms with Gasteiger partial charge in [-0.05, 0) is 36.8 Å². The highest BCUT2D eigenvalue weighted by molar-refractivity contribution is 5.86. The molecule has 0 N–H and O–H groups in total. The van der Waals surface area contributed by atoms with Crippen molar-refractivity contribution in [1.82, 2.24) is 19.2 Å². The lowest BCUT2D eigenvalue weighted by molar-refractivity contribution is 0.0429. The van der Waals surface area contributed by atoms with E-state index in [0.29, 0.717) is 23.6 Å². The SMILES string of the molecule is Cc1cccn2c(=O)cc(COC(=O)c3ccc(Cn4cccn4)o3)nc12. The summed E-state index contributed by atoms with van der Waals surface area (Å²) in [4.78, 5) is 28.8. The van der Waals surface area contributed by atoms with Crippen LogP contribution >= 0.6 is 0 Å². The highest BCUT2D eigenvalue weighted by Gasteiger charge is 2.14. The Hall–Kier alpha value is -3.68.